The number of nitrogens with one attached hydrogen (secondary N) is 2. The molecule has 3 fully saturated rings. The van der Waals surface area contributed by atoms with E-state index >= 15 is 4.39 Å². The van der Waals surface area contributed by atoms with Gasteiger partial charge in [-0.05, 0) is 13.3 Å². The van der Waals surface area contributed by atoms with Gasteiger partial charge in [-0.3, -0.25) is 32.0 Å². The Bertz CT molecular complexity index is 2090. The van der Waals surface area contributed by atoms with E-state index in [1.165, 1.54) is 17.8 Å². The van der Waals surface area contributed by atoms with Crippen LogP contribution in [0.5, 0.6) is 0 Å². The van der Waals surface area contributed by atoms with Crippen molar-refractivity contribution in [1.82, 2.24) is 39.0 Å². The van der Waals surface area contributed by atoms with Gasteiger partial charge < -0.3 is 29.4 Å². The molecule has 4 aromatic rings. The van der Waals surface area contributed by atoms with Crippen molar-refractivity contribution in [2.45, 2.75) is 56.4 Å². The van der Waals surface area contributed by atoms with Crippen molar-refractivity contribution < 1.29 is 50.1 Å². The lowest BCUT2D eigenvalue weighted by Crippen LogP contribution is -2.37. The van der Waals surface area contributed by atoms with Crippen LogP contribution in [-0.4, -0.2) is 107 Å². The molecule has 3 aliphatic heterocycles. The van der Waals surface area contributed by atoms with Crippen LogP contribution in [0.15, 0.2) is 28.6 Å². The molecule has 23 heteroatoms. The third-order valence-corrected chi connectivity index (χ3v) is 10.2. The second-order valence-corrected chi connectivity index (χ2v) is 14.0. The molecule has 0 spiro atoms. The van der Waals surface area contributed by atoms with Gasteiger partial charge in [0.2, 0.25) is 0 Å². The van der Waals surface area contributed by atoms with Gasteiger partial charge in [0.15, 0.2) is 41.0 Å². The van der Waals surface area contributed by atoms with Crippen LogP contribution in [0, 0.1) is 12.8 Å². The fraction of sp³-hybridized carbons (Fsp3) is 0.565. The first-order valence-electron chi connectivity index (χ1n) is 13.8. The average molecular weight is 689 g/mol. The fourth-order valence-electron chi connectivity index (χ4n) is 5.91. The van der Waals surface area contributed by atoms with Gasteiger partial charge in [0.25, 0.3) is 21.2 Å². The summed E-state index contributed by atoms with van der Waals surface area (Å²) in [6, 6.07) is 0. The number of imidazole rings is 2. The number of phosphoric ester groups is 1. The molecule has 0 amide bonds. The third-order valence-electron chi connectivity index (χ3n) is 8.00. The van der Waals surface area contributed by atoms with Crippen LogP contribution in [0.4, 0.5) is 4.39 Å². The first kappa shape index (κ1) is 31.1. The Labute approximate surface area is 256 Å². The number of rotatable bonds is 3. The maximum atomic E-state index is 15.9. The summed E-state index contributed by atoms with van der Waals surface area (Å²) in [7, 11) is -9.63. The predicted molar refractivity (Wildman–Crippen MR) is 148 cm³/mol. The van der Waals surface area contributed by atoms with Crippen LogP contribution < -0.4 is 11.1 Å². The molecule has 3 aliphatic rings. The van der Waals surface area contributed by atoms with Crippen molar-refractivity contribution in [1.29, 1.82) is 0 Å². The summed E-state index contributed by atoms with van der Waals surface area (Å²) in [5.41, 5.74) is -1.42. The zero-order valence-corrected chi connectivity index (χ0v) is 25.3. The van der Waals surface area contributed by atoms with E-state index < -0.39 is 97.0 Å². The molecule has 20 nitrogen and oxygen atoms in total. The molecule has 7 rings (SSSR count). The quantitative estimate of drug-likeness (QED) is 0.147. The standard InChI is InChI=1S/C23H26FN8O12PS/c1-9-29-19-15(21(35)30-9)28-8-32(19)23-16-10(4-33)11(41-23)2-3-46(38,39)44-17-12(5-40-45(36,37)43-16)42-22(13(17)24)31-7-27-14-18(31)25-6-26-20(14)34/h6-8,10-13,16-17,22-23,33H,2-5H2,1H3,(H,36,37)(H,25,26,34)(H,29,30,35). The number of alkyl halides is 1. The number of aliphatic hydroxyl groups is 1. The molecule has 7 heterocycles. The summed E-state index contributed by atoms with van der Waals surface area (Å²) < 4.78 is 85.7. The zero-order chi connectivity index (χ0) is 32.5. The number of aromatic amines is 2. The fourth-order valence-corrected chi connectivity index (χ4v) is 8.06. The summed E-state index contributed by atoms with van der Waals surface area (Å²) in [6.07, 6.45) is -8.13. The molecule has 4 aromatic heterocycles. The summed E-state index contributed by atoms with van der Waals surface area (Å²) in [4.78, 5) is 56.4. The molecular formula is C23H26FN8O12PS. The topological polar surface area (TPSA) is 265 Å². The van der Waals surface area contributed by atoms with Gasteiger partial charge in [-0.15, -0.1) is 0 Å². The Kier molecular flexibility index (Phi) is 7.68. The third kappa shape index (κ3) is 5.38. The molecule has 248 valence electrons. The zero-order valence-electron chi connectivity index (χ0n) is 23.6. The van der Waals surface area contributed by atoms with E-state index in [1.54, 1.807) is 0 Å². The summed E-state index contributed by atoms with van der Waals surface area (Å²) in [5, 5.41) is 10.3. The Morgan fingerprint density at radius 2 is 1.74 bits per heavy atom. The molecule has 9 atom stereocenters. The van der Waals surface area contributed by atoms with E-state index in [0.717, 1.165) is 17.2 Å². The van der Waals surface area contributed by atoms with Crippen molar-refractivity contribution in [2.24, 2.45) is 5.92 Å². The van der Waals surface area contributed by atoms with E-state index in [4.69, 9.17) is 22.7 Å². The van der Waals surface area contributed by atoms with Crippen LogP contribution in [0.2, 0.25) is 0 Å². The van der Waals surface area contributed by atoms with Crippen molar-refractivity contribution in [2.75, 3.05) is 19.0 Å². The number of hydrogen-bond acceptors (Lipinski definition) is 15. The molecule has 9 unspecified atom stereocenters. The Hall–Kier alpha value is -3.47. The van der Waals surface area contributed by atoms with E-state index in [9.17, 15) is 32.6 Å². The molecule has 3 saturated heterocycles. The van der Waals surface area contributed by atoms with Crippen LogP contribution >= 0.6 is 7.82 Å². The number of aliphatic hydroxyl groups excluding tert-OH is 1. The first-order chi connectivity index (χ1) is 21.9. The van der Waals surface area contributed by atoms with Gasteiger partial charge >= 0.3 is 7.82 Å². The minimum absolute atomic E-state index is 0.0358. The minimum Gasteiger partial charge on any atom is -0.396 e. The normalized spacial score (nSPS) is 35.0. The van der Waals surface area contributed by atoms with Crippen molar-refractivity contribution >= 4 is 40.3 Å². The second kappa shape index (κ2) is 11.3. The molecule has 46 heavy (non-hydrogen) atoms. The number of hydrogen-bond donors (Lipinski definition) is 4. The smallest absolute Gasteiger partial charge is 0.396 e. The maximum absolute atomic E-state index is 15.9. The molecule has 0 radical (unpaired) electrons. The van der Waals surface area contributed by atoms with E-state index in [-0.39, 0.29) is 34.6 Å². The molecule has 4 N–H and O–H groups in total. The van der Waals surface area contributed by atoms with Gasteiger partial charge in [0, 0.05) is 5.92 Å². The van der Waals surface area contributed by atoms with Crippen LogP contribution in [0.3, 0.4) is 0 Å². The number of aromatic nitrogens is 8. The monoisotopic (exact) mass is 688 g/mol. The van der Waals surface area contributed by atoms with Gasteiger partial charge in [-0.2, -0.15) is 8.42 Å². The highest BCUT2D eigenvalue weighted by molar-refractivity contribution is 7.86. The Morgan fingerprint density at radius 1 is 1.04 bits per heavy atom. The van der Waals surface area contributed by atoms with Crippen molar-refractivity contribution in [3.05, 3.63) is 45.5 Å². The number of ether oxygens (including phenoxy) is 2. The molecule has 0 aliphatic carbocycles. The SMILES string of the molecule is Cc1nc2c(ncn2C2OC3CCS(=O)(=O)OC4C(COP(=O)(O)OC2C3CO)OC(n2cnc3c(=O)[nH]cnc32)C4F)c(=O)[nH]1. The highest BCUT2D eigenvalue weighted by Gasteiger charge is 2.53. The van der Waals surface area contributed by atoms with Crippen LogP contribution in [0.1, 0.15) is 24.7 Å². The van der Waals surface area contributed by atoms with Gasteiger partial charge in [0.05, 0.1) is 44.1 Å². The first-order valence-corrected chi connectivity index (χ1v) is 16.9. The largest absolute Gasteiger partial charge is 0.472 e. The van der Waals surface area contributed by atoms with Crippen molar-refractivity contribution in [3.8, 4) is 0 Å². The Balaban J connectivity index is 1.23. The lowest BCUT2D eigenvalue weighted by molar-refractivity contribution is -0.0556. The number of H-pyrrole nitrogens is 2. The van der Waals surface area contributed by atoms with Gasteiger partial charge in [-0.1, -0.05) is 0 Å². The number of nitrogens with zero attached hydrogens (tertiary/aromatic N) is 6. The molecule has 0 saturated carbocycles. The highest BCUT2D eigenvalue weighted by atomic mass is 32.2. The van der Waals surface area contributed by atoms with Crippen LogP contribution in [0.25, 0.3) is 22.3 Å². The maximum Gasteiger partial charge on any atom is 0.472 e. The predicted octanol–water partition coefficient (Wildman–Crippen LogP) is -1.08. The Morgan fingerprint density at radius 3 is 2.48 bits per heavy atom. The number of phosphoric acid groups is 1. The van der Waals surface area contributed by atoms with Gasteiger partial charge in [0.1, 0.15) is 24.1 Å². The van der Waals surface area contributed by atoms with Gasteiger partial charge in [-0.25, -0.2) is 28.9 Å². The number of halogens is 1. The molecular weight excluding hydrogens is 662 g/mol. The van der Waals surface area contributed by atoms with E-state index in [0.29, 0.717) is 0 Å². The lowest BCUT2D eigenvalue weighted by atomic mass is 9.97. The summed E-state index contributed by atoms with van der Waals surface area (Å²) in [6.45, 7) is -0.0394. The molecule has 2 bridgehead atoms. The number of fused-ring (bicyclic) bond motifs is 5. The second-order valence-electron chi connectivity index (χ2n) is 10.9. The van der Waals surface area contributed by atoms with E-state index in [2.05, 4.69) is 29.9 Å². The summed E-state index contributed by atoms with van der Waals surface area (Å²) in [5.74, 6) is -1.57. The number of aryl methyl sites for hydroxylation is 1. The van der Waals surface area contributed by atoms with Crippen LogP contribution in [-0.2, 0) is 37.4 Å². The van der Waals surface area contributed by atoms with Crippen molar-refractivity contribution in [3.63, 3.8) is 0 Å². The molecule has 0 aromatic carbocycles. The highest BCUT2D eigenvalue weighted by Crippen LogP contribution is 2.52. The average Bonchev–Trinajstić information content (AvgIpc) is 3.75. The van der Waals surface area contributed by atoms with E-state index in [1.807, 2.05) is 0 Å². The summed E-state index contributed by atoms with van der Waals surface area (Å²) >= 11 is 0. The lowest BCUT2D eigenvalue weighted by Gasteiger charge is -2.26. The minimum atomic E-state index is -5.09.